The lowest BCUT2D eigenvalue weighted by Gasteiger charge is -2.34. The van der Waals surface area contributed by atoms with Gasteiger partial charge in [0.15, 0.2) is 0 Å². The van der Waals surface area contributed by atoms with E-state index in [1.165, 1.54) is 11.0 Å². The summed E-state index contributed by atoms with van der Waals surface area (Å²) in [5.74, 6) is -1.37. The van der Waals surface area contributed by atoms with Crippen molar-refractivity contribution in [1.82, 2.24) is 10.2 Å². The third-order valence-electron chi connectivity index (χ3n) is 6.95. The zero-order valence-electron chi connectivity index (χ0n) is 25.3. The van der Waals surface area contributed by atoms with Crippen LogP contribution in [0.2, 0.25) is 0 Å². The second-order valence-corrected chi connectivity index (χ2v) is 13.9. The Morgan fingerprint density at radius 1 is 0.905 bits per heavy atom. The van der Waals surface area contributed by atoms with E-state index in [0.717, 1.165) is 21.7 Å². The molecule has 0 aliphatic heterocycles. The van der Waals surface area contributed by atoms with Crippen LogP contribution in [0, 0.1) is 11.7 Å². The van der Waals surface area contributed by atoms with Crippen LogP contribution in [0.15, 0.2) is 78.9 Å². The van der Waals surface area contributed by atoms with Gasteiger partial charge in [0.1, 0.15) is 18.4 Å². The first-order valence-electron chi connectivity index (χ1n) is 14.1. The highest BCUT2D eigenvalue weighted by atomic mass is 32.2. The number of halogens is 1. The number of sulfonamides is 1. The van der Waals surface area contributed by atoms with E-state index in [9.17, 15) is 22.4 Å². The first-order chi connectivity index (χ1) is 19.7. The standard InChI is InChI=1S/C33H42FN3O4S/c1-24(2)21-35-32(39)30(20-25-12-8-7-9-13-25)36(22-26-14-10-11-15-29(26)34)31(38)23-37(42(6,40)41)28-18-16-27(17-19-28)33(3,4)5/h7-19,24,30H,20-23H2,1-6H3,(H,35,39)/t30-/m0/s1. The Bertz CT molecular complexity index is 1450. The Kier molecular flexibility index (Phi) is 10.9. The molecule has 226 valence electrons. The van der Waals surface area contributed by atoms with Crippen LogP contribution in [0.5, 0.6) is 0 Å². The van der Waals surface area contributed by atoms with Crippen molar-refractivity contribution in [1.29, 1.82) is 0 Å². The number of hydrogen-bond acceptors (Lipinski definition) is 4. The first-order valence-corrected chi connectivity index (χ1v) is 15.9. The monoisotopic (exact) mass is 595 g/mol. The van der Waals surface area contributed by atoms with E-state index in [4.69, 9.17) is 0 Å². The number of nitrogens with zero attached hydrogens (tertiary/aromatic N) is 2. The Morgan fingerprint density at radius 3 is 2.05 bits per heavy atom. The molecule has 0 fully saturated rings. The van der Waals surface area contributed by atoms with Gasteiger partial charge >= 0.3 is 0 Å². The number of carbonyl (C=O) groups excluding carboxylic acids is 2. The zero-order valence-corrected chi connectivity index (χ0v) is 26.1. The third kappa shape index (κ3) is 9.14. The Balaban J connectivity index is 2.05. The molecule has 42 heavy (non-hydrogen) atoms. The van der Waals surface area contributed by atoms with Crippen LogP contribution in [-0.4, -0.2) is 50.5 Å². The van der Waals surface area contributed by atoms with Gasteiger partial charge in [0.25, 0.3) is 0 Å². The van der Waals surface area contributed by atoms with Crippen LogP contribution in [0.25, 0.3) is 0 Å². The van der Waals surface area contributed by atoms with Gasteiger partial charge in [0, 0.05) is 25.1 Å². The summed E-state index contributed by atoms with van der Waals surface area (Å²) < 4.78 is 41.8. The van der Waals surface area contributed by atoms with Crippen molar-refractivity contribution in [2.45, 2.75) is 59.0 Å². The van der Waals surface area contributed by atoms with Crippen molar-refractivity contribution >= 4 is 27.5 Å². The van der Waals surface area contributed by atoms with E-state index in [1.54, 1.807) is 30.3 Å². The van der Waals surface area contributed by atoms with Crippen LogP contribution in [0.1, 0.15) is 51.3 Å². The summed E-state index contributed by atoms with van der Waals surface area (Å²) in [5, 5.41) is 2.92. The number of benzene rings is 3. The van der Waals surface area contributed by atoms with Gasteiger partial charge in [-0.1, -0.05) is 95.3 Å². The Morgan fingerprint density at radius 2 is 1.50 bits per heavy atom. The van der Waals surface area contributed by atoms with E-state index in [-0.39, 0.29) is 29.9 Å². The highest BCUT2D eigenvalue weighted by molar-refractivity contribution is 7.92. The fraction of sp³-hybridized carbons (Fsp3) is 0.394. The number of nitrogens with one attached hydrogen (secondary N) is 1. The van der Waals surface area contributed by atoms with Gasteiger partial charge in [-0.2, -0.15) is 0 Å². The molecule has 0 heterocycles. The molecule has 0 bridgehead atoms. The molecule has 0 aliphatic rings. The Labute approximate surface area is 249 Å². The highest BCUT2D eigenvalue weighted by Crippen LogP contribution is 2.26. The highest BCUT2D eigenvalue weighted by Gasteiger charge is 2.33. The second kappa shape index (κ2) is 14.0. The Hall–Kier alpha value is -3.72. The molecule has 0 aromatic heterocycles. The molecule has 0 saturated carbocycles. The molecule has 2 amide bonds. The summed E-state index contributed by atoms with van der Waals surface area (Å²) in [5.41, 5.74) is 2.23. The quantitative estimate of drug-likeness (QED) is 0.308. The topological polar surface area (TPSA) is 86.8 Å². The molecular weight excluding hydrogens is 553 g/mol. The summed E-state index contributed by atoms with van der Waals surface area (Å²) in [6.45, 7) is 9.71. The number of carbonyl (C=O) groups is 2. The second-order valence-electron chi connectivity index (χ2n) is 12.0. The van der Waals surface area contributed by atoms with E-state index in [1.807, 2.05) is 56.3 Å². The molecule has 1 atom stereocenters. The molecule has 0 saturated heterocycles. The van der Waals surface area contributed by atoms with Crippen molar-refractivity contribution in [2.24, 2.45) is 5.92 Å². The molecule has 3 aromatic carbocycles. The van der Waals surface area contributed by atoms with Gasteiger partial charge in [-0.05, 0) is 40.7 Å². The van der Waals surface area contributed by atoms with E-state index in [2.05, 4.69) is 26.1 Å². The average Bonchev–Trinajstić information content (AvgIpc) is 2.92. The van der Waals surface area contributed by atoms with Crippen molar-refractivity contribution in [2.75, 3.05) is 23.7 Å². The lowest BCUT2D eigenvalue weighted by Crippen LogP contribution is -2.53. The van der Waals surface area contributed by atoms with Crippen molar-refractivity contribution in [3.05, 3.63) is 101 Å². The molecule has 0 unspecified atom stereocenters. The maximum atomic E-state index is 14.9. The average molecular weight is 596 g/mol. The lowest BCUT2D eigenvalue weighted by atomic mass is 9.87. The predicted octanol–water partition coefficient (Wildman–Crippen LogP) is 5.30. The van der Waals surface area contributed by atoms with Gasteiger partial charge in [-0.3, -0.25) is 13.9 Å². The summed E-state index contributed by atoms with van der Waals surface area (Å²) >= 11 is 0. The van der Waals surface area contributed by atoms with E-state index >= 15 is 0 Å². The van der Waals surface area contributed by atoms with Crippen LogP contribution in [-0.2, 0) is 38.0 Å². The van der Waals surface area contributed by atoms with Crippen LogP contribution in [0.4, 0.5) is 10.1 Å². The molecule has 9 heteroatoms. The number of hydrogen-bond donors (Lipinski definition) is 1. The maximum Gasteiger partial charge on any atom is 0.244 e. The minimum Gasteiger partial charge on any atom is -0.354 e. The van der Waals surface area contributed by atoms with Gasteiger partial charge in [0.2, 0.25) is 21.8 Å². The number of rotatable bonds is 12. The van der Waals surface area contributed by atoms with Gasteiger partial charge in [-0.15, -0.1) is 0 Å². The number of anilines is 1. The van der Waals surface area contributed by atoms with Gasteiger partial charge < -0.3 is 10.2 Å². The molecule has 1 N–H and O–H groups in total. The van der Waals surface area contributed by atoms with Gasteiger partial charge in [0.05, 0.1) is 11.9 Å². The number of amides is 2. The molecule has 0 radical (unpaired) electrons. The summed E-state index contributed by atoms with van der Waals surface area (Å²) in [7, 11) is -3.89. The van der Waals surface area contributed by atoms with Crippen LogP contribution >= 0.6 is 0 Å². The normalized spacial score (nSPS) is 12.6. The smallest absolute Gasteiger partial charge is 0.244 e. The lowest BCUT2D eigenvalue weighted by molar-refractivity contribution is -0.140. The molecule has 0 spiro atoms. The minimum absolute atomic E-state index is 0.144. The molecule has 0 aliphatic carbocycles. The SMILES string of the molecule is CC(C)CNC(=O)[C@H](Cc1ccccc1)N(Cc1ccccc1F)C(=O)CN(c1ccc(C(C)(C)C)cc1)S(C)(=O)=O. The molecule has 3 rings (SSSR count). The first kappa shape index (κ1) is 32.8. The predicted molar refractivity (Wildman–Crippen MR) is 166 cm³/mol. The fourth-order valence-electron chi connectivity index (χ4n) is 4.53. The minimum atomic E-state index is -3.89. The molecular formula is C33H42FN3O4S. The third-order valence-corrected chi connectivity index (χ3v) is 8.10. The van der Waals surface area contributed by atoms with Crippen molar-refractivity contribution in [3.8, 4) is 0 Å². The summed E-state index contributed by atoms with van der Waals surface area (Å²) in [4.78, 5) is 29.0. The van der Waals surface area contributed by atoms with E-state index < -0.39 is 40.2 Å². The summed E-state index contributed by atoms with van der Waals surface area (Å²) in [6, 6.07) is 21.3. The van der Waals surface area contributed by atoms with Crippen LogP contribution < -0.4 is 9.62 Å². The zero-order chi connectivity index (χ0) is 31.1. The summed E-state index contributed by atoms with van der Waals surface area (Å²) in [6.07, 6.45) is 1.21. The van der Waals surface area contributed by atoms with Crippen molar-refractivity contribution in [3.63, 3.8) is 0 Å². The largest absolute Gasteiger partial charge is 0.354 e. The van der Waals surface area contributed by atoms with Gasteiger partial charge in [-0.25, -0.2) is 12.8 Å². The molecule has 3 aromatic rings. The van der Waals surface area contributed by atoms with Crippen molar-refractivity contribution < 1.29 is 22.4 Å². The maximum absolute atomic E-state index is 14.9. The fourth-order valence-corrected chi connectivity index (χ4v) is 5.38. The van der Waals surface area contributed by atoms with Crippen LogP contribution in [0.3, 0.4) is 0 Å². The van der Waals surface area contributed by atoms with E-state index in [0.29, 0.717) is 12.2 Å². The molecule has 7 nitrogen and oxygen atoms in total.